The number of amidine groups is 1. The number of methoxy groups -OCH3 is 1. The fourth-order valence-corrected chi connectivity index (χ4v) is 4.32. The Morgan fingerprint density at radius 3 is 2.75 bits per heavy atom. The molecule has 1 fully saturated rings. The fraction of sp³-hybridized carbons (Fsp3) is 0.353. The molecule has 1 amide bonds. The first-order valence-corrected chi connectivity index (χ1v) is 8.87. The third kappa shape index (κ3) is 2.63. The second kappa shape index (κ2) is 6.61. The van der Waals surface area contributed by atoms with Gasteiger partial charge in [0.25, 0.3) is 0 Å². The molecule has 2 aliphatic rings. The number of allylic oxidation sites excluding steroid dienone is 1. The van der Waals surface area contributed by atoms with E-state index >= 15 is 0 Å². The first-order valence-electron chi connectivity index (χ1n) is 7.61. The van der Waals surface area contributed by atoms with E-state index in [2.05, 4.69) is 4.99 Å². The van der Waals surface area contributed by atoms with Crippen LogP contribution < -0.4 is 0 Å². The first-order chi connectivity index (χ1) is 11.5. The highest BCUT2D eigenvalue weighted by atomic mass is 35.5. The van der Waals surface area contributed by atoms with Gasteiger partial charge in [0, 0.05) is 5.02 Å². The van der Waals surface area contributed by atoms with Crippen LogP contribution in [0.25, 0.3) is 0 Å². The largest absolute Gasteiger partial charge is 0.466 e. The predicted octanol–water partition coefficient (Wildman–Crippen LogP) is 3.55. The lowest BCUT2D eigenvalue weighted by molar-refractivity contribution is -0.137. The summed E-state index contributed by atoms with van der Waals surface area (Å²) in [7, 11) is 1.32. The number of hydrogen-bond acceptors (Lipinski definition) is 5. The number of fused-ring (bicyclic) bond motifs is 1. The lowest BCUT2D eigenvalue weighted by Crippen LogP contribution is -2.40. The van der Waals surface area contributed by atoms with Crippen LogP contribution in [0.5, 0.6) is 0 Å². The number of rotatable bonds is 3. The molecule has 1 aromatic carbocycles. The average Bonchev–Trinajstić information content (AvgIpc) is 2.89. The third-order valence-electron chi connectivity index (χ3n) is 4.13. The van der Waals surface area contributed by atoms with Crippen molar-refractivity contribution in [3.05, 3.63) is 46.1 Å². The zero-order valence-corrected chi connectivity index (χ0v) is 15.1. The molecule has 0 radical (unpaired) electrons. The summed E-state index contributed by atoms with van der Waals surface area (Å²) in [4.78, 5) is 31.3. The quantitative estimate of drug-likeness (QED) is 0.769. The Morgan fingerprint density at radius 2 is 2.12 bits per heavy atom. The predicted molar refractivity (Wildman–Crippen MR) is 94.9 cm³/mol. The molecule has 0 unspecified atom stereocenters. The van der Waals surface area contributed by atoms with Crippen LogP contribution in [0.1, 0.15) is 31.9 Å². The molecular formula is C17H17ClN2O3S. The normalized spacial score (nSPS) is 23.2. The van der Waals surface area contributed by atoms with Crippen LogP contribution in [0.15, 0.2) is 40.5 Å². The lowest BCUT2D eigenvalue weighted by atomic mass is 9.94. The van der Waals surface area contributed by atoms with Crippen LogP contribution in [0.4, 0.5) is 0 Å². The van der Waals surface area contributed by atoms with Gasteiger partial charge in [-0.3, -0.25) is 9.69 Å². The summed E-state index contributed by atoms with van der Waals surface area (Å²) in [5.41, 5.74) is 1.59. The molecule has 7 heteroatoms. The van der Waals surface area contributed by atoms with Gasteiger partial charge >= 0.3 is 5.97 Å². The first kappa shape index (κ1) is 17.0. The van der Waals surface area contributed by atoms with Gasteiger partial charge in [-0.25, -0.2) is 9.79 Å². The van der Waals surface area contributed by atoms with Crippen LogP contribution in [0.3, 0.4) is 0 Å². The molecule has 2 atom stereocenters. The maximum Gasteiger partial charge on any atom is 0.338 e. The molecule has 5 nitrogen and oxygen atoms in total. The van der Waals surface area contributed by atoms with Crippen LogP contribution in [0.2, 0.25) is 5.02 Å². The second-order valence-electron chi connectivity index (χ2n) is 5.53. The van der Waals surface area contributed by atoms with Crippen molar-refractivity contribution in [2.45, 2.75) is 31.6 Å². The number of hydrogen-bond donors (Lipinski definition) is 0. The highest BCUT2D eigenvalue weighted by molar-refractivity contribution is 8.15. The molecular weight excluding hydrogens is 348 g/mol. The van der Waals surface area contributed by atoms with Gasteiger partial charge < -0.3 is 4.74 Å². The van der Waals surface area contributed by atoms with E-state index in [1.54, 1.807) is 17.9 Å². The minimum atomic E-state index is -0.616. The maximum absolute atomic E-state index is 12.8. The summed E-state index contributed by atoms with van der Waals surface area (Å²) in [6.45, 7) is 3.71. The van der Waals surface area contributed by atoms with Crippen LogP contribution in [0, 0.1) is 0 Å². The van der Waals surface area contributed by atoms with Gasteiger partial charge in [0.2, 0.25) is 5.91 Å². The van der Waals surface area contributed by atoms with Crippen molar-refractivity contribution >= 4 is 40.4 Å². The van der Waals surface area contributed by atoms with Crippen molar-refractivity contribution in [3.63, 3.8) is 0 Å². The molecule has 126 valence electrons. The van der Waals surface area contributed by atoms with Gasteiger partial charge in [-0.1, -0.05) is 48.5 Å². The number of carbonyl (C=O) groups is 2. The Morgan fingerprint density at radius 1 is 1.42 bits per heavy atom. The molecule has 3 rings (SSSR count). The van der Waals surface area contributed by atoms with E-state index in [-0.39, 0.29) is 11.2 Å². The number of nitrogens with zero attached hydrogens (tertiary/aromatic N) is 2. The minimum absolute atomic E-state index is 0.0555. The molecule has 0 spiro atoms. The summed E-state index contributed by atoms with van der Waals surface area (Å²) < 4.78 is 4.93. The van der Waals surface area contributed by atoms with Crippen LogP contribution in [-0.2, 0) is 14.3 Å². The summed E-state index contributed by atoms with van der Waals surface area (Å²) in [5.74, 6) is -0.557. The Hall–Kier alpha value is -1.79. The average molecular weight is 365 g/mol. The third-order valence-corrected chi connectivity index (χ3v) is 5.79. The van der Waals surface area contributed by atoms with E-state index < -0.39 is 12.0 Å². The summed E-state index contributed by atoms with van der Waals surface area (Å²) >= 11 is 7.80. The molecule has 24 heavy (non-hydrogen) atoms. The molecule has 0 aliphatic carbocycles. The van der Waals surface area contributed by atoms with Crippen molar-refractivity contribution in [1.82, 2.24) is 4.90 Å². The van der Waals surface area contributed by atoms with Gasteiger partial charge in [-0.05, 0) is 25.0 Å². The minimum Gasteiger partial charge on any atom is -0.466 e. The Labute approximate surface area is 149 Å². The number of benzene rings is 1. The van der Waals surface area contributed by atoms with E-state index in [9.17, 15) is 9.59 Å². The van der Waals surface area contributed by atoms with E-state index in [4.69, 9.17) is 16.3 Å². The zero-order chi connectivity index (χ0) is 17.4. The van der Waals surface area contributed by atoms with E-state index in [1.165, 1.54) is 18.9 Å². The number of carbonyl (C=O) groups excluding carboxylic acids is 2. The van der Waals surface area contributed by atoms with Gasteiger partial charge in [0.05, 0.1) is 29.7 Å². The topological polar surface area (TPSA) is 59.0 Å². The smallest absolute Gasteiger partial charge is 0.338 e. The zero-order valence-electron chi connectivity index (χ0n) is 13.6. The van der Waals surface area contributed by atoms with Gasteiger partial charge in [-0.2, -0.15) is 0 Å². The fourth-order valence-electron chi connectivity index (χ4n) is 2.95. The number of esters is 1. The Bertz CT molecular complexity index is 775. The van der Waals surface area contributed by atoms with Crippen molar-refractivity contribution < 1.29 is 14.3 Å². The van der Waals surface area contributed by atoms with Crippen LogP contribution >= 0.6 is 23.4 Å². The Balaban J connectivity index is 2.20. The summed E-state index contributed by atoms with van der Waals surface area (Å²) in [5, 5.41) is 0.913. The van der Waals surface area contributed by atoms with E-state index in [0.29, 0.717) is 33.4 Å². The van der Waals surface area contributed by atoms with Gasteiger partial charge in [0.1, 0.15) is 0 Å². The van der Waals surface area contributed by atoms with E-state index in [1.807, 2.05) is 25.1 Å². The van der Waals surface area contributed by atoms with Crippen LogP contribution in [-0.4, -0.2) is 34.3 Å². The molecule has 0 bridgehead atoms. The highest BCUT2D eigenvalue weighted by Crippen LogP contribution is 2.45. The van der Waals surface area contributed by atoms with Crippen molar-refractivity contribution in [2.75, 3.05) is 7.11 Å². The van der Waals surface area contributed by atoms with Gasteiger partial charge in [0.15, 0.2) is 5.17 Å². The number of ether oxygens (including phenoxy) is 1. The molecule has 0 N–H and O–H groups in total. The number of thioether (sulfide) groups is 1. The highest BCUT2D eigenvalue weighted by Gasteiger charge is 2.47. The Kier molecular flexibility index (Phi) is 4.69. The van der Waals surface area contributed by atoms with E-state index in [0.717, 1.165) is 0 Å². The molecule has 1 aromatic rings. The number of halogens is 1. The summed E-state index contributed by atoms with van der Waals surface area (Å²) in [6, 6.07) is 6.60. The second-order valence-corrected chi connectivity index (χ2v) is 7.11. The summed E-state index contributed by atoms with van der Waals surface area (Å²) in [6.07, 6.45) is 0.695. The lowest BCUT2D eigenvalue weighted by Gasteiger charge is -2.33. The molecule has 1 saturated heterocycles. The standard InChI is InChI=1S/C17H17ClN2O3S/c1-4-12-15(21)20-14(10-7-5-6-8-11(10)18)13(16(22)23-3)9(2)19-17(20)24-12/h5-8,12,14H,4H2,1-3H3/t12-,14-/m0/s1. The SMILES string of the molecule is CC[C@@H]1SC2=NC(C)=C(C(=O)OC)[C@H](c3ccccc3Cl)N2C1=O. The van der Waals surface area contributed by atoms with Gasteiger partial charge in [-0.15, -0.1) is 0 Å². The van der Waals surface area contributed by atoms with Crippen molar-refractivity contribution in [1.29, 1.82) is 0 Å². The maximum atomic E-state index is 12.8. The molecule has 0 saturated carbocycles. The molecule has 2 aliphatic heterocycles. The number of amides is 1. The molecule has 0 aromatic heterocycles. The monoisotopic (exact) mass is 364 g/mol. The van der Waals surface area contributed by atoms with Crippen molar-refractivity contribution in [3.8, 4) is 0 Å². The van der Waals surface area contributed by atoms with Crippen molar-refractivity contribution in [2.24, 2.45) is 4.99 Å². The number of aliphatic imine (C=N–C) groups is 1. The molecule has 2 heterocycles.